The minimum atomic E-state index is 0.283. The summed E-state index contributed by atoms with van der Waals surface area (Å²) in [6, 6.07) is 0. The van der Waals surface area contributed by atoms with Crippen LogP contribution in [-0.4, -0.2) is 36.0 Å². The van der Waals surface area contributed by atoms with Crippen LogP contribution in [0.4, 0.5) is 0 Å². The molecule has 1 N–H and O–H groups in total. The van der Waals surface area contributed by atoms with Crippen LogP contribution in [0.2, 0.25) is 0 Å². The maximum atomic E-state index is 11.7. The minimum absolute atomic E-state index is 0.283. The fraction of sp³-hybridized carbons (Fsp3) is 0.909. The lowest BCUT2D eigenvalue weighted by atomic mass is 10.1. The van der Waals surface area contributed by atoms with E-state index in [1.54, 1.807) is 0 Å². The molecule has 0 atom stereocenters. The van der Waals surface area contributed by atoms with Gasteiger partial charge in [0.25, 0.3) is 0 Å². The van der Waals surface area contributed by atoms with Gasteiger partial charge < -0.3 is 10.2 Å². The van der Waals surface area contributed by atoms with Crippen LogP contribution < -0.4 is 5.32 Å². The molecule has 0 unspecified atom stereocenters. The predicted molar refractivity (Wildman–Crippen MR) is 56.1 cm³/mol. The van der Waals surface area contributed by atoms with E-state index >= 15 is 0 Å². The Kier molecular flexibility index (Phi) is 2.77. The summed E-state index contributed by atoms with van der Waals surface area (Å²) < 4.78 is 0. The molecule has 2 rings (SSSR count). The Labute approximate surface area is 85.8 Å². The van der Waals surface area contributed by atoms with Crippen molar-refractivity contribution in [1.82, 2.24) is 10.2 Å². The highest BCUT2D eigenvalue weighted by Gasteiger charge is 2.37. The van der Waals surface area contributed by atoms with E-state index in [0.717, 1.165) is 13.1 Å². The Morgan fingerprint density at radius 2 is 1.93 bits per heavy atom. The van der Waals surface area contributed by atoms with Gasteiger partial charge in [0.15, 0.2) is 0 Å². The van der Waals surface area contributed by atoms with Crippen molar-refractivity contribution in [3.05, 3.63) is 0 Å². The summed E-state index contributed by atoms with van der Waals surface area (Å²) in [4.78, 5) is 13.7. The number of amides is 1. The van der Waals surface area contributed by atoms with Crippen molar-refractivity contribution >= 4 is 5.91 Å². The molecule has 0 aromatic rings. The summed E-state index contributed by atoms with van der Waals surface area (Å²) in [6.07, 6.45) is 6.10. The van der Waals surface area contributed by atoms with Crippen LogP contribution in [0.25, 0.3) is 0 Å². The number of carbonyl (C=O) groups is 1. The Bertz CT molecular complexity index is 217. The Balaban J connectivity index is 1.71. The molecule has 2 aliphatic rings. The average molecular weight is 196 g/mol. The lowest BCUT2D eigenvalue weighted by Gasteiger charge is -2.27. The fourth-order valence-corrected chi connectivity index (χ4v) is 1.91. The Morgan fingerprint density at radius 1 is 1.29 bits per heavy atom. The van der Waals surface area contributed by atoms with Crippen LogP contribution in [-0.2, 0) is 4.79 Å². The zero-order chi connectivity index (χ0) is 10.0. The largest absolute Gasteiger partial charge is 0.342 e. The molecule has 0 radical (unpaired) electrons. The first-order valence-corrected chi connectivity index (χ1v) is 5.72. The average Bonchev–Trinajstić information content (AvgIpc) is 2.95. The van der Waals surface area contributed by atoms with Crippen molar-refractivity contribution in [3.8, 4) is 0 Å². The van der Waals surface area contributed by atoms with Crippen molar-refractivity contribution in [3.63, 3.8) is 0 Å². The number of hydrogen-bond donors (Lipinski definition) is 1. The molecule has 3 nitrogen and oxygen atoms in total. The zero-order valence-electron chi connectivity index (χ0n) is 9.01. The molecule has 1 amide bonds. The third kappa shape index (κ3) is 2.47. The molecule has 0 bridgehead atoms. The second-order valence-electron chi connectivity index (χ2n) is 4.86. The molecule has 2 fully saturated rings. The first kappa shape index (κ1) is 9.97. The minimum Gasteiger partial charge on any atom is -0.342 e. The first-order valence-electron chi connectivity index (χ1n) is 5.72. The van der Waals surface area contributed by atoms with E-state index in [1.165, 1.54) is 32.1 Å². The number of hydrogen-bond acceptors (Lipinski definition) is 2. The lowest BCUT2D eigenvalue weighted by molar-refractivity contribution is -0.131. The summed E-state index contributed by atoms with van der Waals surface area (Å²) >= 11 is 0. The molecule has 14 heavy (non-hydrogen) atoms. The van der Waals surface area contributed by atoms with Gasteiger partial charge in [0.05, 0.1) is 6.54 Å². The summed E-state index contributed by atoms with van der Waals surface area (Å²) in [5.41, 5.74) is 0.283. The summed E-state index contributed by atoms with van der Waals surface area (Å²) in [5, 5.41) is 3.34. The summed E-state index contributed by atoms with van der Waals surface area (Å²) in [7, 11) is 0. The van der Waals surface area contributed by atoms with E-state index in [9.17, 15) is 4.79 Å². The van der Waals surface area contributed by atoms with Gasteiger partial charge in [0.2, 0.25) is 5.91 Å². The highest BCUT2D eigenvalue weighted by molar-refractivity contribution is 5.78. The van der Waals surface area contributed by atoms with E-state index in [-0.39, 0.29) is 11.4 Å². The van der Waals surface area contributed by atoms with E-state index < -0.39 is 0 Å². The van der Waals surface area contributed by atoms with Gasteiger partial charge in [0, 0.05) is 18.6 Å². The van der Waals surface area contributed by atoms with Gasteiger partial charge >= 0.3 is 0 Å². The van der Waals surface area contributed by atoms with E-state index in [1.807, 2.05) is 4.90 Å². The summed E-state index contributed by atoms with van der Waals surface area (Å²) in [5.74, 6) is 0.290. The molecule has 0 aromatic carbocycles. The second kappa shape index (κ2) is 3.89. The van der Waals surface area contributed by atoms with Gasteiger partial charge in [0.1, 0.15) is 0 Å². The van der Waals surface area contributed by atoms with Crippen molar-refractivity contribution in [2.75, 3.05) is 19.6 Å². The third-order valence-electron chi connectivity index (χ3n) is 3.38. The highest BCUT2D eigenvalue weighted by atomic mass is 16.2. The van der Waals surface area contributed by atoms with Crippen LogP contribution in [0.5, 0.6) is 0 Å². The van der Waals surface area contributed by atoms with Gasteiger partial charge in [-0.05, 0) is 39.0 Å². The van der Waals surface area contributed by atoms with Crippen LogP contribution in [0.3, 0.4) is 0 Å². The molecule has 1 aliphatic carbocycles. The molecule has 1 saturated heterocycles. The molecule has 1 saturated carbocycles. The number of likely N-dealkylation sites (tertiary alicyclic amines) is 1. The van der Waals surface area contributed by atoms with Crippen LogP contribution in [0, 0.1) is 0 Å². The highest BCUT2D eigenvalue weighted by Crippen LogP contribution is 2.33. The quantitative estimate of drug-likeness (QED) is 0.734. The number of carbonyl (C=O) groups excluding carboxylic acids is 1. The van der Waals surface area contributed by atoms with E-state index in [4.69, 9.17) is 0 Å². The third-order valence-corrected chi connectivity index (χ3v) is 3.38. The number of rotatable bonds is 3. The molecule has 3 heteroatoms. The van der Waals surface area contributed by atoms with Gasteiger partial charge in [-0.15, -0.1) is 0 Å². The van der Waals surface area contributed by atoms with Gasteiger partial charge in [-0.2, -0.15) is 0 Å². The lowest BCUT2D eigenvalue weighted by Crippen LogP contribution is -2.43. The predicted octanol–water partition coefficient (Wildman–Crippen LogP) is 1.14. The normalized spacial score (nSPS) is 24.8. The summed E-state index contributed by atoms with van der Waals surface area (Å²) in [6.45, 7) is 4.67. The van der Waals surface area contributed by atoms with Crippen molar-refractivity contribution in [2.24, 2.45) is 0 Å². The van der Waals surface area contributed by atoms with Crippen LogP contribution in [0.1, 0.15) is 39.0 Å². The van der Waals surface area contributed by atoms with Crippen molar-refractivity contribution in [1.29, 1.82) is 0 Å². The van der Waals surface area contributed by atoms with E-state index in [2.05, 4.69) is 12.2 Å². The molecule has 0 aromatic heterocycles. The number of nitrogens with one attached hydrogen (secondary N) is 1. The van der Waals surface area contributed by atoms with Gasteiger partial charge in [-0.25, -0.2) is 0 Å². The number of piperidine rings is 1. The zero-order valence-corrected chi connectivity index (χ0v) is 9.01. The van der Waals surface area contributed by atoms with Gasteiger partial charge in [-0.3, -0.25) is 4.79 Å². The number of nitrogens with zero attached hydrogens (tertiary/aromatic N) is 1. The smallest absolute Gasteiger partial charge is 0.236 e. The van der Waals surface area contributed by atoms with E-state index in [0.29, 0.717) is 6.54 Å². The fourth-order valence-electron chi connectivity index (χ4n) is 1.91. The maximum Gasteiger partial charge on any atom is 0.236 e. The van der Waals surface area contributed by atoms with Crippen LogP contribution in [0.15, 0.2) is 0 Å². The Morgan fingerprint density at radius 3 is 2.50 bits per heavy atom. The van der Waals surface area contributed by atoms with Crippen LogP contribution >= 0.6 is 0 Å². The SMILES string of the molecule is CC1(NCC(=O)N2CCCCC2)CC1. The first-order chi connectivity index (χ1) is 6.70. The molecule has 1 aliphatic heterocycles. The molecule has 80 valence electrons. The van der Waals surface area contributed by atoms with Crippen molar-refractivity contribution in [2.45, 2.75) is 44.6 Å². The Hall–Kier alpha value is -0.570. The molecular formula is C11H20N2O. The second-order valence-corrected chi connectivity index (χ2v) is 4.86. The van der Waals surface area contributed by atoms with Crippen molar-refractivity contribution < 1.29 is 4.79 Å². The molecule has 0 spiro atoms. The van der Waals surface area contributed by atoms with Gasteiger partial charge in [-0.1, -0.05) is 0 Å². The standard InChI is InChI=1S/C11H20N2O/c1-11(5-6-11)12-9-10(14)13-7-3-2-4-8-13/h12H,2-9H2,1H3. The molecular weight excluding hydrogens is 176 g/mol. The monoisotopic (exact) mass is 196 g/mol. The molecule has 1 heterocycles. The topological polar surface area (TPSA) is 32.3 Å². The maximum absolute atomic E-state index is 11.7.